The summed E-state index contributed by atoms with van der Waals surface area (Å²) in [5, 5.41) is 4.00. The fourth-order valence-corrected chi connectivity index (χ4v) is 2.06. The molecule has 2 N–H and O–H groups in total. The predicted octanol–water partition coefficient (Wildman–Crippen LogP) is 3.35. The van der Waals surface area contributed by atoms with Crippen LogP contribution in [0.15, 0.2) is 27.2 Å². The topological polar surface area (TPSA) is 74.2 Å². The molecular weight excluding hydrogens is 310 g/mol. The van der Waals surface area contributed by atoms with Gasteiger partial charge in [-0.2, -0.15) is 4.98 Å². The number of hydrogen-bond donors (Lipinski definition) is 1. The first kappa shape index (κ1) is 14.0. The average Bonchev–Trinajstić information content (AvgIpc) is 2.90. The molecule has 0 radical (unpaired) electrons. The van der Waals surface area contributed by atoms with Crippen molar-refractivity contribution in [2.75, 3.05) is 12.8 Å². The molecule has 0 saturated carbocycles. The summed E-state index contributed by atoms with van der Waals surface area (Å²) >= 11 is 3.45. The summed E-state index contributed by atoms with van der Waals surface area (Å²) in [5.74, 6) is 0.952. The number of aromatic nitrogens is 2. The zero-order chi connectivity index (χ0) is 14.0. The Bertz CT molecular complexity index is 579. The molecule has 1 aromatic heterocycles. The number of nitrogens with zero attached hydrogens (tertiary/aromatic N) is 2. The lowest BCUT2D eigenvalue weighted by molar-refractivity contribution is -0.0106. The van der Waals surface area contributed by atoms with E-state index in [2.05, 4.69) is 26.1 Å². The van der Waals surface area contributed by atoms with E-state index in [-0.39, 0.29) is 0 Å². The zero-order valence-corrected chi connectivity index (χ0v) is 12.7. The van der Waals surface area contributed by atoms with Crippen LogP contribution in [0, 0.1) is 0 Å². The normalized spacial score (nSPS) is 14.3. The maximum atomic E-state index is 5.77. The van der Waals surface area contributed by atoms with E-state index in [0.29, 0.717) is 17.4 Å². The van der Waals surface area contributed by atoms with Crippen molar-refractivity contribution in [3.05, 3.63) is 28.5 Å². The van der Waals surface area contributed by atoms with Gasteiger partial charge in [-0.3, -0.25) is 0 Å². The van der Waals surface area contributed by atoms with Crippen molar-refractivity contribution < 1.29 is 9.26 Å². The third kappa shape index (κ3) is 2.64. The van der Waals surface area contributed by atoms with Crippen molar-refractivity contribution in [2.24, 2.45) is 0 Å². The van der Waals surface area contributed by atoms with Gasteiger partial charge < -0.3 is 15.0 Å². The predicted molar refractivity (Wildman–Crippen MR) is 76.5 cm³/mol. The van der Waals surface area contributed by atoms with E-state index in [4.69, 9.17) is 15.0 Å². The number of nitrogens with two attached hydrogens (primary N) is 1. The Morgan fingerprint density at radius 2 is 2.21 bits per heavy atom. The average molecular weight is 326 g/mol. The van der Waals surface area contributed by atoms with Crippen LogP contribution in [0.2, 0.25) is 0 Å². The zero-order valence-electron chi connectivity index (χ0n) is 11.1. The Kier molecular flexibility index (Phi) is 3.91. The SMILES string of the molecule is CCC(C)(OC)c1noc(-c2cc(N)ccc2Br)n1. The third-order valence-electron chi connectivity index (χ3n) is 3.25. The van der Waals surface area contributed by atoms with E-state index in [9.17, 15) is 0 Å². The molecule has 102 valence electrons. The van der Waals surface area contributed by atoms with Gasteiger partial charge in [0.05, 0.1) is 5.56 Å². The summed E-state index contributed by atoms with van der Waals surface area (Å²) in [6, 6.07) is 5.44. The summed E-state index contributed by atoms with van der Waals surface area (Å²) in [4.78, 5) is 4.41. The number of nitrogen functional groups attached to an aromatic ring is 1. The molecule has 0 aliphatic rings. The van der Waals surface area contributed by atoms with Crippen molar-refractivity contribution in [3.8, 4) is 11.5 Å². The summed E-state index contributed by atoms with van der Waals surface area (Å²) in [6.45, 7) is 3.94. The van der Waals surface area contributed by atoms with Crippen molar-refractivity contribution in [3.63, 3.8) is 0 Å². The molecule has 19 heavy (non-hydrogen) atoms. The molecule has 0 aliphatic carbocycles. The number of benzene rings is 1. The van der Waals surface area contributed by atoms with Gasteiger partial charge in [-0.15, -0.1) is 0 Å². The van der Waals surface area contributed by atoms with Crippen LogP contribution in [0.5, 0.6) is 0 Å². The van der Waals surface area contributed by atoms with Gasteiger partial charge in [0.15, 0.2) is 0 Å². The summed E-state index contributed by atoms with van der Waals surface area (Å²) in [7, 11) is 1.63. The van der Waals surface area contributed by atoms with Crippen molar-refractivity contribution in [2.45, 2.75) is 25.9 Å². The minimum atomic E-state index is -0.547. The molecular formula is C13H16BrN3O2. The molecule has 0 spiro atoms. The van der Waals surface area contributed by atoms with Gasteiger partial charge in [0.25, 0.3) is 5.89 Å². The van der Waals surface area contributed by atoms with Crippen molar-refractivity contribution >= 4 is 21.6 Å². The summed E-state index contributed by atoms with van der Waals surface area (Å²) in [5.41, 5.74) is 6.64. The van der Waals surface area contributed by atoms with E-state index in [1.807, 2.05) is 19.9 Å². The standard InChI is InChI=1S/C13H16BrN3O2/c1-4-13(2,18-3)12-16-11(19-17-12)9-7-8(15)5-6-10(9)14/h5-7H,4,15H2,1-3H3. The van der Waals surface area contributed by atoms with Gasteiger partial charge in [0, 0.05) is 17.3 Å². The minimum absolute atomic E-state index is 0.422. The maximum Gasteiger partial charge on any atom is 0.259 e. The van der Waals surface area contributed by atoms with E-state index in [1.54, 1.807) is 19.2 Å². The van der Waals surface area contributed by atoms with Crippen LogP contribution >= 0.6 is 15.9 Å². The number of halogens is 1. The van der Waals surface area contributed by atoms with Crippen LogP contribution in [0.25, 0.3) is 11.5 Å². The largest absolute Gasteiger partial charge is 0.399 e. The van der Waals surface area contributed by atoms with E-state index in [1.165, 1.54) is 0 Å². The second-order valence-corrected chi connectivity index (χ2v) is 5.31. The second kappa shape index (κ2) is 5.30. The first-order chi connectivity index (χ1) is 9.00. The van der Waals surface area contributed by atoms with Gasteiger partial charge in [0.2, 0.25) is 5.82 Å². The first-order valence-electron chi connectivity index (χ1n) is 5.95. The molecule has 0 fully saturated rings. The Balaban J connectivity index is 2.44. The molecule has 6 heteroatoms. The molecule has 0 aliphatic heterocycles. The maximum absolute atomic E-state index is 5.77. The highest BCUT2D eigenvalue weighted by molar-refractivity contribution is 9.10. The number of hydrogen-bond acceptors (Lipinski definition) is 5. The van der Waals surface area contributed by atoms with E-state index < -0.39 is 5.60 Å². The molecule has 0 amide bonds. The fourth-order valence-electron chi connectivity index (χ4n) is 1.65. The van der Waals surface area contributed by atoms with Gasteiger partial charge in [0.1, 0.15) is 5.60 Å². The number of methoxy groups -OCH3 is 1. The number of anilines is 1. The van der Waals surface area contributed by atoms with Gasteiger partial charge in [-0.1, -0.05) is 12.1 Å². The quantitative estimate of drug-likeness (QED) is 0.872. The number of ether oxygens (including phenoxy) is 1. The smallest absolute Gasteiger partial charge is 0.259 e. The van der Waals surface area contributed by atoms with Crippen LogP contribution in [0.3, 0.4) is 0 Å². The Morgan fingerprint density at radius 3 is 2.84 bits per heavy atom. The van der Waals surface area contributed by atoms with Crippen LogP contribution in [0.1, 0.15) is 26.1 Å². The Labute approximate surface area is 120 Å². The van der Waals surface area contributed by atoms with E-state index >= 15 is 0 Å². The lowest BCUT2D eigenvalue weighted by atomic mass is 10.0. The molecule has 2 aromatic rings. The minimum Gasteiger partial charge on any atom is -0.399 e. The third-order valence-corrected chi connectivity index (χ3v) is 3.94. The van der Waals surface area contributed by atoms with Crippen LogP contribution in [-0.2, 0) is 10.3 Å². The van der Waals surface area contributed by atoms with Crippen LogP contribution in [0.4, 0.5) is 5.69 Å². The van der Waals surface area contributed by atoms with Gasteiger partial charge in [-0.25, -0.2) is 0 Å². The Morgan fingerprint density at radius 1 is 1.47 bits per heavy atom. The number of rotatable bonds is 4. The Hall–Kier alpha value is -1.40. The fraction of sp³-hybridized carbons (Fsp3) is 0.385. The molecule has 0 bridgehead atoms. The second-order valence-electron chi connectivity index (χ2n) is 4.45. The first-order valence-corrected chi connectivity index (χ1v) is 6.74. The lowest BCUT2D eigenvalue weighted by Crippen LogP contribution is -2.24. The van der Waals surface area contributed by atoms with Gasteiger partial charge in [-0.05, 0) is 47.5 Å². The van der Waals surface area contributed by atoms with Crippen molar-refractivity contribution in [1.82, 2.24) is 10.1 Å². The molecule has 5 nitrogen and oxygen atoms in total. The van der Waals surface area contributed by atoms with Gasteiger partial charge >= 0.3 is 0 Å². The highest BCUT2D eigenvalue weighted by Gasteiger charge is 2.30. The summed E-state index contributed by atoms with van der Waals surface area (Å²) < 4.78 is 11.6. The highest BCUT2D eigenvalue weighted by Crippen LogP contribution is 2.32. The molecule has 0 saturated heterocycles. The highest BCUT2D eigenvalue weighted by atomic mass is 79.9. The monoisotopic (exact) mass is 325 g/mol. The van der Waals surface area contributed by atoms with Crippen molar-refractivity contribution in [1.29, 1.82) is 0 Å². The molecule has 2 rings (SSSR count). The van der Waals surface area contributed by atoms with E-state index in [0.717, 1.165) is 16.5 Å². The lowest BCUT2D eigenvalue weighted by Gasteiger charge is -2.21. The summed E-state index contributed by atoms with van der Waals surface area (Å²) in [6.07, 6.45) is 0.751. The molecule has 1 atom stereocenters. The molecule has 1 unspecified atom stereocenters. The molecule has 1 aromatic carbocycles. The van der Waals surface area contributed by atoms with Crippen LogP contribution < -0.4 is 5.73 Å². The molecule has 1 heterocycles. The van der Waals surface area contributed by atoms with Crippen LogP contribution in [-0.4, -0.2) is 17.3 Å².